The summed E-state index contributed by atoms with van der Waals surface area (Å²) >= 11 is 0. The minimum absolute atomic E-state index is 0. The maximum Gasteiger partial charge on any atom is 0.259 e. The van der Waals surface area contributed by atoms with E-state index in [-0.39, 0.29) is 36.7 Å². The van der Waals surface area contributed by atoms with Gasteiger partial charge in [-0.05, 0) is 37.5 Å². The number of halogens is 1. The zero-order valence-electron chi connectivity index (χ0n) is 17.1. The standard InChI is InChI=1S/C20H31N3O4.ClH/c1-20(21)10-6-5-7-15(20)19(25)22-12-14-8-9-16(17(11-14)26-4)27-13-18(24)23(2)3;/h8-9,11,15H,5-7,10,12-13,21H2,1-4H3,(H,22,25);1H. The fourth-order valence-corrected chi connectivity index (χ4v) is 3.31. The van der Waals surface area contributed by atoms with Gasteiger partial charge >= 0.3 is 0 Å². The van der Waals surface area contributed by atoms with E-state index in [2.05, 4.69) is 5.32 Å². The average molecular weight is 414 g/mol. The Hall–Kier alpha value is -1.99. The number of benzene rings is 1. The zero-order valence-corrected chi connectivity index (χ0v) is 17.9. The highest BCUT2D eigenvalue weighted by Gasteiger charge is 2.37. The molecule has 1 saturated carbocycles. The second-order valence-corrected chi connectivity index (χ2v) is 7.58. The number of likely N-dealkylation sites (N-methyl/N-ethyl adjacent to an activating group) is 1. The van der Waals surface area contributed by atoms with Crippen molar-refractivity contribution >= 4 is 24.2 Å². The summed E-state index contributed by atoms with van der Waals surface area (Å²) in [5.74, 6) is 0.716. The molecule has 28 heavy (non-hydrogen) atoms. The molecule has 0 saturated heterocycles. The first-order valence-electron chi connectivity index (χ1n) is 9.31. The minimum Gasteiger partial charge on any atom is -0.493 e. The van der Waals surface area contributed by atoms with Gasteiger partial charge in [-0.3, -0.25) is 9.59 Å². The summed E-state index contributed by atoms with van der Waals surface area (Å²) in [6.07, 6.45) is 3.81. The summed E-state index contributed by atoms with van der Waals surface area (Å²) in [7, 11) is 4.89. The number of nitrogens with two attached hydrogens (primary N) is 1. The number of ether oxygens (including phenoxy) is 2. The van der Waals surface area contributed by atoms with E-state index >= 15 is 0 Å². The van der Waals surface area contributed by atoms with Gasteiger partial charge in [0.15, 0.2) is 18.1 Å². The molecule has 2 atom stereocenters. The summed E-state index contributed by atoms with van der Waals surface area (Å²) in [4.78, 5) is 25.7. The fourth-order valence-electron chi connectivity index (χ4n) is 3.31. The monoisotopic (exact) mass is 413 g/mol. The molecule has 2 unspecified atom stereocenters. The molecular weight excluding hydrogens is 382 g/mol. The first-order chi connectivity index (χ1) is 12.7. The first kappa shape index (κ1) is 24.0. The van der Waals surface area contributed by atoms with Gasteiger partial charge in [0.2, 0.25) is 5.91 Å². The maximum absolute atomic E-state index is 12.6. The quantitative estimate of drug-likeness (QED) is 0.714. The minimum atomic E-state index is -0.448. The van der Waals surface area contributed by atoms with E-state index in [1.807, 2.05) is 13.0 Å². The van der Waals surface area contributed by atoms with Crippen molar-refractivity contribution in [3.8, 4) is 11.5 Å². The molecule has 0 spiro atoms. The number of hydrogen-bond donors (Lipinski definition) is 2. The van der Waals surface area contributed by atoms with E-state index in [1.54, 1.807) is 33.3 Å². The van der Waals surface area contributed by atoms with Gasteiger partial charge in [0.25, 0.3) is 5.91 Å². The second kappa shape index (κ2) is 10.5. The van der Waals surface area contributed by atoms with Crippen molar-refractivity contribution in [2.24, 2.45) is 11.7 Å². The Bertz CT molecular complexity index is 679. The molecule has 1 aliphatic carbocycles. The Morgan fingerprint density at radius 1 is 1.29 bits per heavy atom. The third-order valence-electron chi connectivity index (χ3n) is 5.12. The van der Waals surface area contributed by atoms with E-state index in [4.69, 9.17) is 15.2 Å². The maximum atomic E-state index is 12.6. The third kappa shape index (κ3) is 6.27. The Morgan fingerprint density at radius 3 is 2.61 bits per heavy atom. The summed E-state index contributed by atoms with van der Waals surface area (Å²) in [6.45, 7) is 2.29. The van der Waals surface area contributed by atoms with Crippen LogP contribution < -0.4 is 20.5 Å². The van der Waals surface area contributed by atoms with Crippen molar-refractivity contribution in [2.45, 2.75) is 44.7 Å². The molecule has 7 nitrogen and oxygen atoms in total. The molecule has 1 aliphatic rings. The number of nitrogens with one attached hydrogen (secondary N) is 1. The molecular formula is C20H32ClN3O4. The van der Waals surface area contributed by atoms with Gasteiger partial charge in [-0.1, -0.05) is 18.9 Å². The predicted octanol–water partition coefficient (Wildman–Crippen LogP) is 2.11. The number of nitrogens with zero attached hydrogens (tertiary/aromatic N) is 1. The van der Waals surface area contributed by atoms with Crippen LogP contribution in [0.1, 0.15) is 38.2 Å². The smallest absolute Gasteiger partial charge is 0.259 e. The molecule has 1 aromatic carbocycles. The van der Waals surface area contributed by atoms with Gasteiger partial charge in [-0.2, -0.15) is 0 Å². The number of methoxy groups -OCH3 is 1. The molecule has 2 rings (SSSR count). The van der Waals surface area contributed by atoms with Crippen molar-refractivity contribution < 1.29 is 19.1 Å². The molecule has 0 aliphatic heterocycles. The highest BCUT2D eigenvalue weighted by atomic mass is 35.5. The number of carbonyl (C=O) groups excluding carboxylic acids is 2. The second-order valence-electron chi connectivity index (χ2n) is 7.58. The Labute approximate surface area is 173 Å². The fraction of sp³-hybridized carbons (Fsp3) is 0.600. The molecule has 158 valence electrons. The van der Waals surface area contributed by atoms with E-state index < -0.39 is 5.54 Å². The van der Waals surface area contributed by atoms with Crippen LogP contribution in [0.25, 0.3) is 0 Å². The summed E-state index contributed by atoms with van der Waals surface area (Å²) < 4.78 is 10.9. The van der Waals surface area contributed by atoms with Crippen molar-refractivity contribution in [3.05, 3.63) is 23.8 Å². The first-order valence-corrected chi connectivity index (χ1v) is 9.31. The van der Waals surface area contributed by atoms with Crippen LogP contribution in [-0.4, -0.2) is 50.1 Å². The number of hydrogen-bond acceptors (Lipinski definition) is 5. The van der Waals surface area contributed by atoms with Gasteiger partial charge < -0.3 is 25.4 Å². The van der Waals surface area contributed by atoms with Crippen molar-refractivity contribution in [3.63, 3.8) is 0 Å². The molecule has 1 aromatic rings. The highest BCUT2D eigenvalue weighted by molar-refractivity contribution is 5.85. The average Bonchev–Trinajstić information content (AvgIpc) is 2.63. The Morgan fingerprint density at radius 2 is 2.00 bits per heavy atom. The van der Waals surface area contributed by atoms with Crippen LogP contribution in [0.5, 0.6) is 11.5 Å². The van der Waals surface area contributed by atoms with Crippen molar-refractivity contribution in [1.29, 1.82) is 0 Å². The van der Waals surface area contributed by atoms with Crippen LogP contribution in [0.15, 0.2) is 18.2 Å². The molecule has 2 amide bonds. The van der Waals surface area contributed by atoms with Gasteiger partial charge in [0, 0.05) is 26.2 Å². The SMILES string of the molecule is COc1cc(CNC(=O)C2CCCCC2(C)N)ccc1OCC(=O)N(C)C.Cl. The molecule has 0 heterocycles. The van der Waals surface area contributed by atoms with Gasteiger partial charge in [0.1, 0.15) is 0 Å². The van der Waals surface area contributed by atoms with E-state index in [0.717, 1.165) is 31.2 Å². The molecule has 0 aromatic heterocycles. The van der Waals surface area contributed by atoms with Crippen LogP contribution in [0.3, 0.4) is 0 Å². The lowest BCUT2D eigenvalue weighted by Crippen LogP contribution is -2.52. The topological polar surface area (TPSA) is 93.9 Å². The van der Waals surface area contributed by atoms with Crippen molar-refractivity contribution in [1.82, 2.24) is 10.2 Å². The van der Waals surface area contributed by atoms with E-state index in [9.17, 15) is 9.59 Å². The molecule has 8 heteroatoms. The lowest BCUT2D eigenvalue weighted by atomic mass is 9.74. The van der Waals surface area contributed by atoms with E-state index in [0.29, 0.717) is 18.0 Å². The van der Waals surface area contributed by atoms with Crippen LogP contribution in [0.4, 0.5) is 0 Å². The predicted molar refractivity (Wildman–Crippen MR) is 111 cm³/mol. The molecule has 0 bridgehead atoms. The largest absolute Gasteiger partial charge is 0.493 e. The number of amides is 2. The van der Waals surface area contributed by atoms with Crippen molar-refractivity contribution in [2.75, 3.05) is 27.8 Å². The summed E-state index contributed by atoms with van der Waals surface area (Å²) in [5.41, 5.74) is 6.75. The van der Waals surface area contributed by atoms with Gasteiger partial charge in [-0.15, -0.1) is 12.4 Å². The lowest BCUT2D eigenvalue weighted by molar-refractivity contribution is -0.131. The number of rotatable bonds is 7. The molecule has 0 radical (unpaired) electrons. The third-order valence-corrected chi connectivity index (χ3v) is 5.12. The normalized spacial score (nSPS) is 21.2. The number of carbonyl (C=O) groups is 2. The molecule has 3 N–H and O–H groups in total. The van der Waals surface area contributed by atoms with Crippen LogP contribution >= 0.6 is 12.4 Å². The highest BCUT2D eigenvalue weighted by Crippen LogP contribution is 2.32. The van der Waals surface area contributed by atoms with E-state index in [1.165, 1.54) is 4.90 Å². The van der Waals surface area contributed by atoms with Gasteiger partial charge in [0.05, 0.1) is 13.0 Å². The van der Waals surface area contributed by atoms with Crippen LogP contribution in [0.2, 0.25) is 0 Å². The van der Waals surface area contributed by atoms with Crippen LogP contribution in [-0.2, 0) is 16.1 Å². The zero-order chi connectivity index (χ0) is 20.0. The summed E-state index contributed by atoms with van der Waals surface area (Å²) in [5, 5.41) is 2.98. The Kier molecular flexibility index (Phi) is 9.04. The van der Waals surface area contributed by atoms with Crippen LogP contribution in [0, 0.1) is 5.92 Å². The molecule has 1 fully saturated rings. The van der Waals surface area contributed by atoms with Gasteiger partial charge in [-0.25, -0.2) is 0 Å². The Balaban J connectivity index is 0.00000392. The lowest BCUT2D eigenvalue weighted by Gasteiger charge is -2.37. The summed E-state index contributed by atoms with van der Waals surface area (Å²) in [6, 6.07) is 5.40.